The predicted molar refractivity (Wildman–Crippen MR) is 77.4 cm³/mol. The molecule has 0 unspecified atom stereocenters. The lowest BCUT2D eigenvalue weighted by Gasteiger charge is -2.05. The summed E-state index contributed by atoms with van der Waals surface area (Å²) in [7, 11) is -3.12. The minimum Gasteiger partial charge on any atom is -0.224 e. The fourth-order valence-electron chi connectivity index (χ4n) is 1.72. The second kappa shape index (κ2) is 4.86. The molecule has 0 fully saturated rings. The molecule has 2 rings (SSSR count). The highest BCUT2D eigenvalue weighted by Crippen LogP contribution is 2.25. The Kier molecular flexibility index (Phi) is 3.59. The molecular weight excluding hydrogens is 312 g/mol. The molecule has 4 heteroatoms. The summed E-state index contributed by atoms with van der Waals surface area (Å²) in [5.41, 5.74) is 3.24. The van der Waals surface area contributed by atoms with Crippen molar-refractivity contribution in [2.45, 2.75) is 11.8 Å². The molecule has 0 atom stereocenters. The predicted octanol–water partition coefficient (Wildman–Crippen LogP) is 3.83. The number of sulfone groups is 1. The molecule has 0 saturated carbocycles. The second-order valence-electron chi connectivity index (χ2n) is 4.26. The quantitative estimate of drug-likeness (QED) is 0.841. The van der Waals surface area contributed by atoms with Crippen LogP contribution < -0.4 is 0 Å². The molecule has 0 aliphatic heterocycles. The Morgan fingerprint density at radius 1 is 0.944 bits per heavy atom. The molecule has 2 nitrogen and oxygen atoms in total. The van der Waals surface area contributed by atoms with Crippen LogP contribution in [-0.2, 0) is 9.84 Å². The van der Waals surface area contributed by atoms with Crippen molar-refractivity contribution in [3.8, 4) is 11.1 Å². The Bertz CT molecular complexity index is 673. The Balaban J connectivity index is 2.43. The average molecular weight is 325 g/mol. The molecule has 0 bridgehead atoms. The van der Waals surface area contributed by atoms with Crippen molar-refractivity contribution in [3.05, 3.63) is 52.5 Å². The van der Waals surface area contributed by atoms with Crippen LogP contribution in [0.1, 0.15) is 5.56 Å². The first-order valence-corrected chi connectivity index (χ1v) is 8.13. The van der Waals surface area contributed by atoms with Crippen molar-refractivity contribution in [1.29, 1.82) is 0 Å². The van der Waals surface area contributed by atoms with Crippen LogP contribution in [0.3, 0.4) is 0 Å². The van der Waals surface area contributed by atoms with Crippen molar-refractivity contribution < 1.29 is 8.42 Å². The third-order valence-corrected chi connectivity index (χ3v) is 4.79. The molecule has 0 amide bonds. The topological polar surface area (TPSA) is 34.1 Å². The molecule has 94 valence electrons. The summed E-state index contributed by atoms with van der Waals surface area (Å²) in [6, 6.07) is 13.0. The van der Waals surface area contributed by atoms with E-state index in [1.807, 2.05) is 31.2 Å². The van der Waals surface area contributed by atoms with Crippen molar-refractivity contribution in [3.63, 3.8) is 0 Å². The van der Waals surface area contributed by atoms with E-state index in [0.717, 1.165) is 21.2 Å². The molecule has 0 radical (unpaired) electrons. The summed E-state index contributed by atoms with van der Waals surface area (Å²) < 4.78 is 23.8. The average Bonchev–Trinajstić information content (AvgIpc) is 2.32. The van der Waals surface area contributed by atoms with Gasteiger partial charge in [-0.2, -0.15) is 0 Å². The van der Waals surface area contributed by atoms with Crippen LogP contribution in [0, 0.1) is 6.92 Å². The van der Waals surface area contributed by atoms with Crippen LogP contribution in [0.2, 0.25) is 0 Å². The summed E-state index contributed by atoms with van der Waals surface area (Å²) in [5, 5.41) is 0. The van der Waals surface area contributed by atoms with Gasteiger partial charge in [-0.1, -0.05) is 40.2 Å². The van der Waals surface area contributed by atoms with E-state index in [0.29, 0.717) is 4.90 Å². The van der Waals surface area contributed by atoms with Crippen molar-refractivity contribution in [2.24, 2.45) is 0 Å². The normalized spacial score (nSPS) is 11.5. The SMILES string of the molecule is Cc1cc(-c2ccc(S(C)(=O)=O)cc2)ccc1Br. The van der Waals surface area contributed by atoms with E-state index < -0.39 is 9.84 Å². The van der Waals surface area contributed by atoms with Gasteiger partial charge in [-0.15, -0.1) is 0 Å². The minimum atomic E-state index is -3.12. The standard InChI is InChI=1S/C14H13BrO2S/c1-10-9-12(5-8-14(10)15)11-3-6-13(7-4-11)18(2,16)17/h3-9H,1-2H3. The van der Waals surface area contributed by atoms with E-state index in [1.54, 1.807) is 12.1 Å². The molecule has 0 spiro atoms. The highest BCUT2D eigenvalue weighted by molar-refractivity contribution is 9.10. The number of hydrogen-bond donors (Lipinski definition) is 0. The van der Waals surface area contributed by atoms with E-state index in [-0.39, 0.29) is 0 Å². The molecule has 0 aromatic heterocycles. The Hall–Kier alpha value is -1.13. The van der Waals surface area contributed by atoms with Gasteiger partial charge in [0.05, 0.1) is 4.90 Å². The number of aryl methyl sites for hydroxylation is 1. The molecule has 0 saturated heterocycles. The van der Waals surface area contributed by atoms with Crippen LogP contribution in [0.4, 0.5) is 0 Å². The third kappa shape index (κ3) is 2.82. The zero-order valence-electron chi connectivity index (χ0n) is 10.1. The second-order valence-corrected chi connectivity index (χ2v) is 7.13. The van der Waals surface area contributed by atoms with Crippen LogP contribution in [0.25, 0.3) is 11.1 Å². The monoisotopic (exact) mass is 324 g/mol. The fraction of sp³-hybridized carbons (Fsp3) is 0.143. The molecule has 0 aliphatic carbocycles. The summed E-state index contributed by atoms with van der Waals surface area (Å²) in [6.07, 6.45) is 1.21. The van der Waals surface area contributed by atoms with Crippen molar-refractivity contribution in [1.82, 2.24) is 0 Å². The first-order chi connectivity index (χ1) is 8.38. The lowest BCUT2D eigenvalue weighted by molar-refractivity contribution is 0.602. The molecular formula is C14H13BrO2S. The van der Waals surface area contributed by atoms with Crippen LogP contribution in [0.5, 0.6) is 0 Å². The van der Waals surface area contributed by atoms with Crippen LogP contribution in [-0.4, -0.2) is 14.7 Å². The summed E-state index contributed by atoms with van der Waals surface area (Å²) >= 11 is 3.46. The maximum atomic E-state index is 11.4. The lowest BCUT2D eigenvalue weighted by Crippen LogP contribution is -1.96. The zero-order chi connectivity index (χ0) is 13.3. The number of halogens is 1. The van der Waals surface area contributed by atoms with Gasteiger partial charge in [-0.25, -0.2) is 8.42 Å². The largest absolute Gasteiger partial charge is 0.224 e. The molecule has 0 heterocycles. The number of hydrogen-bond acceptors (Lipinski definition) is 2. The Labute approximate surface area is 116 Å². The van der Waals surface area contributed by atoms with Gasteiger partial charge in [0.1, 0.15) is 0 Å². The van der Waals surface area contributed by atoms with Crippen LogP contribution >= 0.6 is 15.9 Å². The zero-order valence-corrected chi connectivity index (χ0v) is 12.5. The molecule has 2 aromatic rings. The smallest absolute Gasteiger partial charge is 0.175 e. The van der Waals surface area contributed by atoms with Crippen LogP contribution in [0.15, 0.2) is 51.8 Å². The molecule has 0 aliphatic rings. The maximum absolute atomic E-state index is 11.4. The van der Waals surface area contributed by atoms with E-state index in [4.69, 9.17) is 0 Å². The highest BCUT2D eigenvalue weighted by atomic mass is 79.9. The number of rotatable bonds is 2. The van der Waals surface area contributed by atoms with E-state index in [9.17, 15) is 8.42 Å². The molecule has 2 aromatic carbocycles. The van der Waals surface area contributed by atoms with Gasteiger partial charge in [-0.05, 0) is 41.8 Å². The van der Waals surface area contributed by atoms with Gasteiger partial charge >= 0.3 is 0 Å². The maximum Gasteiger partial charge on any atom is 0.175 e. The highest BCUT2D eigenvalue weighted by Gasteiger charge is 2.07. The Morgan fingerprint density at radius 3 is 2.00 bits per heavy atom. The third-order valence-electron chi connectivity index (χ3n) is 2.77. The van der Waals surface area contributed by atoms with Crippen molar-refractivity contribution >= 4 is 25.8 Å². The lowest BCUT2D eigenvalue weighted by atomic mass is 10.0. The van der Waals surface area contributed by atoms with Gasteiger partial charge in [-0.3, -0.25) is 0 Å². The summed E-state index contributed by atoms with van der Waals surface area (Å²) in [6.45, 7) is 2.03. The van der Waals surface area contributed by atoms with Gasteiger partial charge in [0.25, 0.3) is 0 Å². The van der Waals surface area contributed by atoms with E-state index in [1.165, 1.54) is 6.26 Å². The number of benzene rings is 2. The van der Waals surface area contributed by atoms with E-state index in [2.05, 4.69) is 22.0 Å². The van der Waals surface area contributed by atoms with E-state index >= 15 is 0 Å². The summed E-state index contributed by atoms with van der Waals surface area (Å²) in [5.74, 6) is 0. The summed E-state index contributed by atoms with van der Waals surface area (Å²) in [4.78, 5) is 0.347. The van der Waals surface area contributed by atoms with Crippen molar-refractivity contribution in [2.75, 3.05) is 6.26 Å². The fourth-order valence-corrected chi connectivity index (χ4v) is 2.60. The van der Waals surface area contributed by atoms with Gasteiger partial charge in [0.2, 0.25) is 0 Å². The molecule has 0 N–H and O–H groups in total. The first-order valence-electron chi connectivity index (χ1n) is 5.44. The minimum absolute atomic E-state index is 0.347. The van der Waals surface area contributed by atoms with Gasteiger partial charge in [0.15, 0.2) is 9.84 Å². The van der Waals surface area contributed by atoms with Gasteiger partial charge in [0, 0.05) is 10.7 Å². The Morgan fingerprint density at radius 2 is 1.50 bits per heavy atom. The van der Waals surface area contributed by atoms with Gasteiger partial charge < -0.3 is 0 Å². The first kappa shape index (κ1) is 13.3. The molecule has 18 heavy (non-hydrogen) atoms.